The molecule has 0 fully saturated rings. The van der Waals surface area contributed by atoms with E-state index < -0.39 is 6.10 Å². The molecule has 3 aromatic rings. The molecule has 0 aliphatic carbocycles. The van der Waals surface area contributed by atoms with Crippen LogP contribution in [-0.4, -0.2) is 5.11 Å². The molecule has 3 rings (SSSR count). The Labute approximate surface area is 117 Å². The summed E-state index contributed by atoms with van der Waals surface area (Å²) in [6.45, 7) is 1.82. The van der Waals surface area contributed by atoms with Crippen LogP contribution < -0.4 is 0 Å². The number of aliphatic hydroxyl groups excluding tert-OH is 1. The molecule has 0 aliphatic rings. The number of rotatable bonds is 2. The van der Waals surface area contributed by atoms with Gasteiger partial charge in [-0.2, -0.15) is 0 Å². The Morgan fingerprint density at radius 2 is 1.60 bits per heavy atom. The van der Waals surface area contributed by atoms with E-state index in [2.05, 4.69) is 0 Å². The van der Waals surface area contributed by atoms with E-state index in [1.807, 2.05) is 55.5 Å². The molecule has 20 heavy (non-hydrogen) atoms. The van der Waals surface area contributed by atoms with E-state index in [-0.39, 0.29) is 5.82 Å². The second kappa shape index (κ2) is 5.06. The maximum absolute atomic E-state index is 13.4. The number of hydrogen-bond donors (Lipinski definition) is 1. The Hall–Kier alpha value is -2.19. The molecule has 2 heteroatoms. The SMILES string of the molecule is Cc1cc(F)cc(C(O)c2ccc3ccccc3c2)c1. The molecule has 0 aliphatic heterocycles. The fourth-order valence-corrected chi connectivity index (χ4v) is 2.49. The summed E-state index contributed by atoms with van der Waals surface area (Å²) < 4.78 is 13.4. The molecular formula is C18H15FO. The van der Waals surface area contributed by atoms with Crippen molar-refractivity contribution in [2.24, 2.45) is 0 Å². The molecule has 3 aromatic carbocycles. The lowest BCUT2D eigenvalue weighted by Gasteiger charge is -2.13. The predicted octanol–water partition coefficient (Wildman–Crippen LogP) is 4.37. The first-order valence-electron chi connectivity index (χ1n) is 6.57. The van der Waals surface area contributed by atoms with Crippen LogP contribution in [0, 0.1) is 12.7 Å². The maximum Gasteiger partial charge on any atom is 0.123 e. The molecule has 1 atom stereocenters. The largest absolute Gasteiger partial charge is 0.384 e. The van der Waals surface area contributed by atoms with Gasteiger partial charge < -0.3 is 5.11 Å². The van der Waals surface area contributed by atoms with E-state index in [1.165, 1.54) is 12.1 Å². The Balaban J connectivity index is 2.05. The topological polar surface area (TPSA) is 20.2 Å². The molecule has 1 unspecified atom stereocenters. The van der Waals surface area contributed by atoms with Crippen LogP contribution in [-0.2, 0) is 0 Å². The molecule has 0 radical (unpaired) electrons. The lowest BCUT2D eigenvalue weighted by atomic mass is 9.97. The zero-order valence-corrected chi connectivity index (χ0v) is 11.2. The van der Waals surface area contributed by atoms with E-state index in [0.29, 0.717) is 5.56 Å². The molecule has 0 saturated heterocycles. The second-order valence-electron chi connectivity index (χ2n) is 5.07. The molecule has 100 valence electrons. The van der Waals surface area contributed by atoms with Gasteiger partial charge in [-0.1, -0.05) is 42.5 Å². The van der Waals surface area contributed by atoms with Crippen molar-refractivity contribution in [3.8, 4) is 0 Å². The first kappa shape index (κ1) is 12.8. The number of benzene rings is 3. The van der Waals surface area contributed by atoms with Crippen LogP contribution in [0.5, 0.6) is 0 Å². The zero-order valence-electron chi connectivity index (χ0n) is 11.2. The standard InChI is InChI=1S/C18H15FO/c1-12-8-16(11-17(19)9-12)18(20)15-7-6-13-4-2-3-5-14(13)10-15/h2-11,18,20H,1H3. The van der Waals surface area contributed by atoms with Crippen LogP contribution in [0.4, 0.5) is 4.39 Å². The summed E-state index contributed by atoms with van der Waals surface area (Å²) in [5, 5.41) is 12.6. The Morgan fingerprint density at radius 1 is 0.850 bits per heavy atom. The minimum atomic E-state index is -0.811. The number of fused-ring (bicyclic) bond motifs is 1. The highest BCUT2D eigenvalue weighted by molar-refractivity contribution is 5.83. The van der Waals surface area contributed by atoms with Crippen LogP contribution in [0.1, 0.15) is 22.8 Å². The van der Waals surface area contributed by atoms with Gasteiger partial charge in [0.1, 0.15) is 11.9 Å². The molecule has 1 N–H and O–H groups in total. The Kier molecular flexibility index (Phi) is 3.25. The quantitative estimate of drug-likeness (QED) is 0.730. The third-order valence-corrected chi connectivity index (χ3v) is 3.47. The zero-order chi connectivity index (χ0) is 14.1. The first-order valence-corrected chi connectivity index (χ1v) is 6.57. The van der Waals surface area contributed by atoms with Crippen molar-refractivity contribution in [2.75, 3.05) is 0 Å². The third kappa shape index (κ3) is 2.43. The summed E-state index contributed by atoms with van der Waals surface area (Å²) in [6.07, 6.45) is -0.811. The molecular weight excluding hydrogens is 251 g/mol. The van der Waals surface area contributed by atoms with Gasteiger partial charge in [-0.25, -0.2) is 4.39 Å². The minimum absolute atomic E-state index is 0.320. The summed E-state index contributed by atoms with van der Waals surface area (Å²) >= 11 is 0. The van der Waals surface area contributed by atoms with Crippen LogP contribution in [0.3, 0.4) is 0 Å². The highest BCUT2D eigenvalue weighted by atomic mass is 19.1. The van der Waals surface area contributed by atoms with Gasteiger partial charge in [0.15, 0.2) is 0 Å². The molecule has 0 aromatic heterocycles. The van der Waals surface area contributed by atoms with Crippen LogP contribution in [0.25, 0.3) is 10.8 Å². The Morgan fingerprint density at radius 3 is 2.35 bits per heavy atom. The average molecular weight is 266 g/mol. The fraction of sp³-hybridized carbons (Fsp3) is 0.111. The van der Waals surface area contributed by atoms with Gasteiger partial charge in [0.05, 0.1) is 0 Å². The van der Waals surface area contributed by atoms with Crippen LogP contribution in [0.15, 0.2) is 60.7 Å². The Bertz CT molecular complexity index is 744. The van der Waals surface area contributed by atoms with Gasteiger partial charge in [-0.3, -0.25) is 0 Å². The highest BCUT2D eigenvalue weighted by Crippen LogP contribution is 2.26. The number of aliphatic hydroxyl groups is 1. The monoisotopic (exact) mass is 266 g/mol. The molecule has 0 spiro atoms. The first-order chi connectivity index (χ1) is 9.63. The second-order valence-corrected chi connectivity index (χ2v) is 5.07. The molecule has 0 saturated carbocycles. The van der Waals surface area contributed by atoms with E-state index in [0.717, 1.165) is 21.9 Å². The molecule has 1 nitrogen and oxygen atoms in total. The van der Waals surface area contributed by atoms with Crippen molar-refractivity contribution in [1.29, 1.82) is 0 Å². The van der Waals surface area contributed by atoms with Crippen molar-refractivity contribution in [2.45, 2.75) is 13.0 Å². The minimum Gasteiger partial charge on any atom is -0.384 e. The van der Waals surface area contributed by atoms with E-state index in [9.17, 15) is 9.50 Å². The van der Waals surface area contributed by atoms with Crippen molar-refractivity contribution in [1.82, 2.24) is 0 Å². The van der Waals surface area contributed by atoms with Gasteiger partial charge in [-0.15, -0.1) is 0 Å². The number of hydrogen-bond acceptors (Lipinski definition) is 1. The lowest BCUT2D eigenvalue weighted by molar-refractivity contribution is 0.220. The summed E-state index contributed by atoms with van der Waals surface area (Å²) in [7, 11) is 0. The van der Waals surface area contributed by atoms with Gasteiger partial charge >= 0.3 is 0 Å². The third-order valence-electron chi connectivity index (χ3n) is 3.47. The van der Waals surface area contributed by atoms with Crippen molar-refractivity contribution < 1.29 is 9.50 Å². The lowest BCUT2D eigenvalue weighted by Crippen LogP contribution is -2.00. The van der Waals surface area contributed by atoms with Gasteiger partial charge in [0, 0.05) is 0 Å². The summed E-state index contributed by atoms with van der Waals surface area (Å²) in [5.74, 6) is -0.320. The van der Waals surface area contributed by atoms with Crippen LogP contribution in [0.2, 0.25) is 0 Å². The van der Waals surface area contributed by atoms with Crippen molar-refractivity contribution >= 4 is 10.8 Å². The maximum atomic E-state index is 13.4. The summed E-state index contributed by atoms with van der Waals surface area (Å²) in [6, 6.07) is 18.4. The molecule has 0 heterocycles. The van der Waals surface area contributed by atoms with E-state index in [1.54, 1.807) is 0 Å². The predicted molar refractivity (Wildman–Crippen MR) is 79.1 cm³/mol. The number of halogens is 1. The van der Waals surface area contributed by atoms with E-state index in [4.69, 9.17) is 0 Å². The average Bonchev–Trinajstić information content (AvgIpc) is 2.45. The van der Waals surface area contributed by atoms with Gasteiger partial charge in [-0.05, 0) is 52.6 Å². The van der Waals surface area contributed by atoms with Crippen molar-refractivity contribution in [3.05, 3.63) is 83.2 Å². The summed E-state index contributed by atoms with van der Waals surface area (Å²) in [4.78, 5) is 0. The van der Waals surface area contributed by atoms with Crippen molar-refractivity contribution in [3.63, 3.8) is 0 Å². The van der Waals surface area contributed by atoms with Gasteiger partial charge in [0.2, 0.25) is 0 Å². The van der Waals surface area contributed by atoms with E-state index >= 15 is 0 Å². The van der Waals surface area contributed by atoms with Crippen LogP contribution >= 0.6 is 0 Å². The highest BCUT2D eigenvalue weighted by Gasteiger charge is 2.12. The number of aryl methyl sites for hydroxylation is 1. The molecule has 0 bridgehead atoms. The summed E-state index contributed by atoms with van der Waals surface area (Å²) in [5.41, 5.74) is 2.16. The molecule has 0 amide bonds. The smallest absolute Gasteiger partial charge is 0.123 e. The van der Waals surface area contributed by atoms with Gasteiger partial charge in [0.25, 0.3) is 0 Å². The normalized spacial score (nSPS) is 12.6. The fourth-order valence-electron chi connectivity index (χ4n) is 2.49.